The molecule has 1 aliphatic heterocycles. The topological polar surface area (TPSA) is 60.9 Å². The fraction of sp³-hybridized carbons (Fsp3) is 0.458. The van der Waals surface area contributed by atoms with E-state index in [1.807, 2.05) is 76.2 Å². The number of carbonyl (C=O) groups is 1. The number of sulfonamides is 1. The van der Waals surface area contributed by atoms with Crippen molar-refractivity contribution in [3.05, 3.63) is 58.7 Å². The minimum Gasteiger partial charge on any atom is -0.378 e. The number of likely N-dealkylation sites (N-methyl/N-ethyl adjacent to an activating group) is 1. The van der Waals surface area contributed by atoms with Crippen LogP contribution in [0.5, 0.6) is 0 Å². The highest BCUT2D eigenvalue weighted by molar-refractivity contribution is 7.89. The lowest BCUT2D eigenvalue weighted by molar-refractivity contribution is -0.133. The third kappa shape index (κ3) is 4.77. The van der Waals surface area contributed by atoms with Crippen LogP contribution in [0.4, 0.5) is 5.69 Å². The van der Waals surface area contributed by atoms with Crippen LogP contribution in [0.3, 0.4) is 0 Å². The minimum atomic E-state index is -3.75. The first kappa shape index (κ1) is 23.3. The molecule has 1 saturated heterocycles. The molecule has 0 spiro atoms. The predicted molar refractivity (Wildman–Crippen MR) is 125 cm³/mol. The number of anilines is 1. The monoisotopic (exact) mass is 443 g/mol. The Kier molecular flexibility index (Phi) is 6.76. The van der Waals surface area contributed by atoms with Gasteiger partial charge in [0.05, 0.1) is 4.90 Å². The normalized spacial score (nSPS) is 17.0. The van der Waals surface area contributed by atoms with Crippen LogP contribution in [0.1, 0.15) is 35.1 Å². The third-order valence-corrected chi connectivity index (χ3v) is 8.12. The molecule has 1 aliphatic rings. The molecular weight excluding hydrogens is 410 g/mol. The van der Waals surface area contributed by atoms with Crippen LogP contribution in [0, 0.1) is 20.8 Å². The fourth-order valence-corrected chi connectivity index (χ4v) is 6.54. The molecule has 0 radical (unpaired) electrons. The average Bonchev–Trinajstić information content (AvgIpc) is 3.17. The van der Waals surface area contributed by atoms with E-state index in [4.69, 9.17) is 0 Å². The second-order valence-electron chi connectivity index (χ2n) is 8.76. The maximum absolute atomic E-state index is 13.5. The van der Waals surface area contributed by atoms with E-state index < -0.39 is 16.1 Å². The van der Waals surface area contributed by atoms with Crippen LogP contribution in [-0.2, 0) is 21.4 Å². The zero-order valence-electron chi connectivity index (χ0n) is 19.3. The summed E-state index contributed by atoms with van der Waals surface area (Å²) in [5.41, 5.74) is 4.59. The summed E-state index contributed by atoms with van der Waals surface area (Å²) in [6.45, 7) is 6.42. The number of nitrogens with zero attached hydrogens (tertiary/aromatic N) is 3. The highest BCUT2D eigenvalue weighted by Crippen LogP contribution is 2.31. The van der Waals surface area contributed by atoms with Crippen molar-refractivity contribution in [1.29, 1.82) is 0 Å². The summed E-state index contributed by atoms with van der Waals surface area (Å²) in [6.07, 6.45) is 1.23. The molecule has 6 nitrogen and oxygen atoms in total. The van der Waals surface area contributed by atoms with E-state index in [0.29, 0.717) is 30.8 Å². The quantitative estimate of drug-likeness (QED) is 0.686. The number of aryl methyl sites for hydroxylation is 3. The smallest absolute Gasteiger partial charge is 0.244 e. The van der Waals surface area contributed by atoms with Gasteiger partial charge in [0, 0.05) is 39.9 Å². The molecule has 2 aromatic carbocycles. The highest BCUT2D eigenvalue weighted by atomic mass is 32.2. The Morgan fingerprint density at radius 2 is 1.61 bits per heavy atom. The summed E-state index contributed by atoms with van der Waals surface area (Å²) in [4.78, 5) is 17.2. The summed E-state index contributed by atoms with van der Waals surface area (Å²) in [6, 6.07) is 11.2. The van der Waals surface area contributed by atoms with Gasteiger partial charge in [0.1, 0.15) is 6.04 Å². The minimum absolute atomic E-state index is 0.153. The number of rotatable bonds is 6. The molecule has 1 heterocycles. The Labute approximate surface area is 186 Å². The number of benzene rings is 2. The van der Waals surface area contributed by atoms with Gasteiger partial charge < -0.3 is 9.80 Å². The van der Waals surface area contributed by atoms with E-state index in [0.717, 1.165) is 27.9 Å². The highest BCUT2D eigenvalue weighted by Gasteiger charge is 2.41. The van der Waals surface area contributed by atoms with Gasteiger partial charge in [0.2, 0.25) is 15.9 Å². The van der Waals surface area contributed by atoms with Crippen LogP contribution >= 0.6 is 0 Å². The van der Waals surface area contributed by atoms with Crippen molar-refractivity contribution < 1.29 is 13.2 Å². The van der Waals surface area contributed by atoms with Crippen LogP contribution in [0.2, 0.25) is 0 Å². The molecule has 0 N–H and O–H groups in total. The molecular formula is C24H33N3O3S. The molecule has 2 aromatic rings. The second kappa shape index (κ2) is 9.01. The van der Waals surface area contributed by atoms with Crippen molar-refractivity contribution in [2.45, 2.75) is 51.1 Å². The Balaban J connectivity index is 1.81. The number of hydrogen-bond acceptors (Lipinski definition) is 4. The van der Waals surface area contributed by atoms with E-state index in [1.54, 1.807) is 11.9 Å². The largest absolute Gasteiger partial charge is 0.378 e. The van der Waals surface area contributed by atoms with E-state index in [9.17, 15) is 13.2 Å². The van der Waals surface area contributed by atoms with E-state index in [-0.39, 0.29) is 5.91 Å². The van der Waals surface area contributed by atoms with Gasteiger partial charge in [-0.25, -0.2) is 8.42 Å². The van der Waals surface area contributed by atoms with Crippen molar-refractivity contribution in [2.75, 3.05) is 32.6 Å². The molecule has 1 fully saturated rings. The molecule has 0 aliphatic carbocycles. The molecule has 168 valence electrons. The van der Waals surface area contributed by atoms with Gasteiger partial charge in [0.15, 0.2) is 0 Å². The maximum atomic E-state index is 13.5. The lowest BCUT2D eigenvalue weighted by Crippen LogP contribution is -2.46. The van der Waals surface area contributed by atoms with E-state index >= 15 is 0 Å². The number of amides is 1. The standard InChI is InChI=1S/C24H33N3O3S/c1-17-14-18(2)23(19(3)15-17)31(29,30)27-13-7-8-22(27)24(28)26(6)16-20-9-11-21(12-10-20)25(4)5/h9-12,14-15,22H,7-8,13,16H2,1-6H3. The molecule has 31 heavy (non-hydrogen) atoms. The van der Waals surface area contributed by atoms with Crippen molar-refractivity contribution in [1.82, 2.24) is 9.21 Å². The molecule has 1 unspecified atom stereocenters. The number of carbonyl (C=O) groups excluding carboxylic acids is 1. The average molecular weight is 444 g/mol. The first-order chi connectivity index (χ1) is 14.5. The first-order valence-corrected chi connectivity index (χ1v) is 12.1. The van der Waals surface area contributed by atoms with Crippen molar-refractivity contribution in [3.8, 4) is 0 Å². The van der Waals surface area contributed by atoms with Gasteiger partial charge in [-0.1, -0.05) is 29.8 Å². The molecule has 7 heteroatoms. The van der Waals surface area contributed by atoms with Gasteiger partial charge in [-0.15, -0.1) is 0 Å². The Morgan fingerprint density at radius 1 is 1.03 bits per heavy atom. The molecule has 1 amide bonds. The van der Waals surface area contributed by atoms with Crippen molar-refractivity contribution >= 4 is 21.6 Å². The SMILES string of the molecule is Cc1cc(C)c(S(=O)(=O)N2CCCC2C(=O)N(C)Cc2ccc(N(C)C)cc2)c(C)c1. The lowest BCUT2D eigenvalue weighted by Gasteiger charge is -2.28. The zero-order valence-corrected chi connectivity index (χ0v) is 20.2. The Hall–Kier alpha value is -2.38. The Morgan fingerprint density at radius 3 is 2.16 bits per heavy atom. The van der Waals surface area contributed by atoms with Gasteiger partial charge >= 0.3 is 0 Å². The van der Waals surface area contributed by atoms with Gasteiger partial charge in [-0.3, -0.25) is 4.79 Å². The predicted octanol–water partition coefficient (Wildman–Crippen LogP) is 3.49. The number of hydrogen-bond donors (Lipinski definition) is 0. The summed E-state index contributed by atoms with van der Waals surface area (Å²) >= 11 is 0. The summed E-state index contributed by atoms with van der Waals surface area (Å²) < 4.78 is 28.5. The summed E-state index contributed by atoms with van der Waals surface area (Å²) in [7, 11) is 1.96. The van der Waals surface area contributed by atoms with Crippen LogP contribution < -0.4 is 4.90 Å². The van der Waals surface area contributed by atoms with E-state index in [1.165, 1.54) is 4.31 Å². The van der Waals surface area contributed by atoms with Gasteiger partial charge in [-0.05, 0) is 62.4 Å². The van der Waals surface area contributed by atoms with Crippen molar-refractivity contribution in [2.24, 2.45) is 0 Å². The molecule has 0 saturated carbocycles. The van der Waals surface area contributed by atoms with Crippen LogP contribution in [0.15, 0.2) is 41.3 Å². The Bertz CT molecular complexity index is 1040. The van der Waals surface area contributed by atoms with Gasteiger partial charge in [0.25, 0.3) is 0 Å². The summed E-state index contributed by atoms with van der Waals surface area (Å²) in [5.74, 6) is -0.153. The lowest BCUT2D eigenvalue weighted by atomic mass is 10.1. The fourth-order valence-electron chi connectivity index (χ4n) is 4.47. The maximum Gasteiger partial charge on any atom is 0.244 e. The second-order valence-corrected chi connectivity index (χ2v) is 10.6. The molecule has 0 bridgehead atoms. The third-order valence-electron chi connectivity index (χ3n) is 5.91. The van der Waals surface area contributed by atoms with Crippen LogP contribution in [-0.4, -0.2) is 57.3 Å². The van der Waals surface area contributed by atoms with Gasteiger partial charge in [-0.2, -0.15) is 4.31 Å². The summed E-state index contributed by atoms with van der Waals surface area (Å²) in [5, 5.41) is 0. The first-order valence-electron chi connectivity index (χ1n) is 10.6. The molecule has 3 rings (SSSR count). The van der Waals surface area contributed by atoms with Crippen LogP contribution in [0.25, 0.3) is 0 Å². The zero-order chi connectivity index (χ0) is 22.9. The van der Waals surface area contributed by atoms with E-state index in [2.05, 4.69) is 0 Å². The molecule has 0 aromatic heterocycles. The van der Waals surface area contributed by atoms with Crippen molar-refractivity contribution in [3.63, 3.8) is 0 Å². The molecule has 1 atom stereocenters.